The molecule has 0 atom stereocenters. The molecule has 0 aliphatic heterocycles. The van der Waals surface area contributed by atoms with Crippen molar-refractivity contribution in [3.63, 3.8) is 0 Å². The Bertz CT molecular complexity index is 516. The molecule has 1 aromatic carbocycles. The number of alkyl halides is 1. The predicted molar refractivity (Wildman–Crippen MR) is 72.3 cm³/mol. The van der Waals surface area contributed by atoms with Gasteiger partial charge in [0, 0.05) is 37.2 Å². The zero-order valence-corrected chi connectivity index (χ0v) is 10.9. The maximum absolute atomic E-state index is 13.6. The smallest absolute Gasteiger partial charge is 0.129 e. The number of pyridine rings is 1. The molecule has 0 amide bonds. The normalized spacial score (nSPS) is 10.4. The van der Waals surface area contributed by atoms with Gasteiger partial charge in [-0.15, -0.1) is 11.6 Å². The van der Waals surface area contributed by atoms with Crippen molar-refractivity contribution in [2.75, 3.05) is 11.9 Å². The number of aromatic nitrogens is 1. The van der Waals surface area contributed by atoms with Crippen LogP contribution in [0.1, 0.15) is 11.1 Å². The van der Waals surface area contributed by atoms with E-state index in [1.54, 1.807) is 18.5 Å². The number of halogens is 2. The number of hydrogen-bond donors (Lipinski definition) is 0. The molecule has 0 aliphatic rings. The number of rotatable bonds is 4. The summed E-state index contributed by atoms with van der Waals surface area (Å²) in [6.07, 6.45) is 3.49. The lowest BCUT2D eigenvalue weighted by atomic mass is 10.1. The summed E-state index contributed by atoms with van der Waals surface area (Å²) in [5, 5.41) is 0. The Morgan fingerprint density at radius 2 is 1.94 bits per heavy atom. The Labute approximate surface area is 111 Å². The summed E-state index contributed by atoms with van der Waals surface area (Å²) in [4.78, 5) is 5.96. The van der Waals surface area contributed by atoms with Crippen molar-refractivity contribution in [1.82, 2.24) is 4.98 Å². The van der Waals surface area contributed by atoms with Gasteiger partial charge in [-0.25, -0.2) is 4.39 Å². The molecule has 18 heavy (non-hydrogen) atoms. The van der Waals surface area contributed by atoms with Gasteiger partial charge in [-0.05, 0) is 29.8 Å². The molecule has 94 valence electrons. The van der Waals surface area contributed by atoms with Gasteiger partial charge in [0.15, 0.2) is 0 Å². The second-order valence-electron chi connectivity index (χ2n) is 4.08. The van der Waals surface area contributed by atoms with Crippen LogP contribution in [0.3, 0.4) is 0 Å². The van der Waals surface area contributed by atoms with Crippen LogP contribution in [-0.4, -0.2) is 12.0 Å². The van der Waals surface area contributed by atoms with Crippen LogP contribution in [0.2, 0.25) is 0 Å². The van der Waals surface area contributed by atoms with Crippen molar-refractivity contribution < 1.29 is 4.39 Å². The van der Waals surface area contributed by atoms with Crippen LogP contribution < -0.4 is 4.90 Å². The molecule has 4 heteroatoms. The monoisotopic (exact) mass is 264 g/mol. The van der Waals surface area contributed by atoms with Crippen LogP contribution in [0.5, 0.6) is 0 Å². The standard InChI is InChI=1S/C14H14ClFN2/c1-18(10-11-5-7-17-8-6-11)14-4-2-3-13(16)12(14)9-15/h2-8H,9-10H2,1H3. The van der Waals surface area contributed by atoms with Crippen molar-refractivity contribution in [2.24, 2.45) is 0 Å². The summed E-state index contributed by atoms with van der Waals surface area (Å²) in [6.45, 7) is 0.690. The predicted octanol–water partition coefficient (Wildman–Crippen LogP) is 3.60. The molecule has 0 saturated heterocycles. The van der Waals surface area contributed by atoms with E-state index in [1.807, 2.05) is 30.1 Å². The maximum Gasteiger partial charge on any atom is 0.129 e. The number of benzene rings is 1. The lowest BCUT2D eigenvalue weighted by Gasteiger charge is -2.22. The average molecular weight is 265 g/mol. The Kier molecular flexibility index (Phi) is 4.15. The molecule has 2 rings (SSSR count). The fraction of sp³-hybridized carbons (Fsp3) is 0.214. The van der Waals surface area contributed by atoms with Crippen molar-refractivity contribution in [1.29, 1.82) is 0 Å². The van der Waals surface area contributed by atoms with E-state index in [0.717, 1.165) is 11.3 Å². The molecular weight excluding hydrogens is 251 g/mol. The Morgan fingerprint density at radius 1 is 1.22 bits per heavy atom. The molecule has 0 aliphatic carbocycles. The Balaban J connectivity index is 2.24. The third kappa shape index (κ3) is 2.79. The second kappa shape index (κ2) is 5.83. The molecular formula is C14H14ClFN2. The van der Waals surface area contributed by atoms with Gasteiger partial charge in [-0.3, -0.25) is 4.98 Å². The van der Waals surface area contributed by atoms with E-state index in [2.05, 4.69) is 4.98 Å². The van der Waals surface area contributed by atoms with E-state index in [4.69, 9.17) is 11.6 Å². The highest BCUT2D eigenvalue weighted by Gasteiger charge is 2.11. The first-order valence-electron chi connectivity index (χ1n) is 5.65. The summed E-state index contributed by atoms with van der Waals surface area (Å²) in [5.74, 6) is -0.0908. The fourth-order valence-electron chi connectivity index (χ4n) is 1.88. The zero-order chi connectivity index (χ0) is 13.0. The van der Waals surface area contributed by atoms with Crippen LogP contribution in [-0.2, 0) is 12.4 Å². The summed E-state index contributed by atoms with van der Waals surface area (Å²) < 4.78 is 13.6. The fourth-order valence-corrected chi connectivity index (χ4v) is 2.15. The van der Waals surface area contributed by atoms with E-state index in [-0.39, 0.29) is 11.7 Å². The molecule has 0 spiro atoms. The van der Waals surface area contributed by atoms with Gasteiger partial charge in [-0.2, -0.15) is 0 Å². The van der Waals surface area contributed by atoms with Gasteiger partial charge >= 0.3 is 0 Å². The SMILES string of the molecule is CN(Cc1ccncc1)c1cccc(F)c1CCl. The summed E-state index contributed by atoms with van der Waals surface area (Å²) in [6, 6.07) is 8.89. The lowest BCUT2D eigenvalue weighted by molar-refractivity contribution is 0.616. The zero-order valence-electron chi connectivity index (χ0n) is 10.1. The van der Waals surface area contributed by atoms with E-state index < -0.39 is 0 Å². The molecule has 1 heterocycles. The van der Waals surface area contributed by atoms with Gasteiger partial charge in [0.2, 0.25) is 0 Å². The highest BCUT2D eigenvalue weighted by atomic mass is 35.5. The highest BCUT2D eigenvalue weighted by Crippen LogP contribution is 2.25. The van der Waals surface area contributed by atoms with Crippen molar-refractivity contribution in [2.45, 2.75) is 12.4 Å². The first-order valence-corrected chi connectivity index (χ1v) is 6.19. The third-order valence-corrected chi connectivity index (χ3v) is 3.08. The first kappa shape index (κ1) is 12.8. The third-order valence-electron chi connectivity index (χ3n) is 2.81. The van der Waals surface area contributed by atoms with Gasteiger partial charge in [0.1, 0.15) is 5.82 Å². The van der Waals surface area contributed by atoms with Crippen molar-refractivity contribution in [3.05, 3.63) is 59.7 Å². The average Bonchev–Trinajstić information content (AvgIpc) is 2.39. The molecule has 0 radical (unpaired) electrons. The summed E-state index contributed by atoms with van der Waals surface area (Å²) in [7, 11) is 1.92. The molecule has 0 unspecified atom stereocenters. The molecule has 1 aromatic heterocycles. The van der Waals surface area contributed by atoms with Gasteiger partial charge in [0.05, 0.1) is 5.88 Å². The van der Waals surface area contributed by atoms with E-state index >= 15 is 0 Å². The van der Waals surface area contributed by atoms with Gasteiger partial charge in [-0.1, -0.05) is 6.07 Å². The summed E-state index contributed by atoms with van der Waals surface area (Å²) >= 11 is 5.81. The molecule has 2 aromatic rings. The minimum absolute atomic E-state index is 0.169. The number of hydrogen-bond acceptors (Lipinski definition) is 2. The highest BCUT2D eigenvalue weighted by molar-refractivity contribution is 6.17. The van der Waals surface area contributed by atoms with E-state index in [9.17, 15) is 4.39 Å². The molecule has 0 bridgehead atoms. The summed E-state index contributed by atoms with van der Waals surface area (Å²) in [5.41, 5.74) is 2.48. The van der Waals surface area contributed by atoms with Crippen LogP contribution in [0.25, 0.3) is 0 Å². The van der Waals surface area contributed by atoms with Crippen molar-refractivity contribution in [3.8, 4) is 0 Å². The number of anilines is 1. The maximum atomic E-state index is 13.6. The van der Waals surface area contributed by atoms with E-state index in [0.29, 0.717) is 12.1 Å². The van der Waals surface area contributed by atoms with Gasteiger partial charge in [0.25, 0.3) is 0 Å². The molecule has 0 saturated carbocycles. The minimum atomic E-state index is -0.260. The van der Waals surface area contributed by atoms with Crippen molar-refractivity contribution >= 4 is 17.3 Å². The lowest BCUT2D eigenvalue weighted by Crippen LogP contribution is -2.18. The van der Waals surface area contributed by atoms with Crippen LogP contribution in [0.4, 0.5) is 10.1 Å². The van der Waals surface area contributed by atoms with Crippen LogP contribution in [0.15, 0.2) is 42.7 Å². The first-order chi connectivity index (χ1) is 8.72. The molecule has 0 fully saturated rings. The van der Waals surface area contributed by atoms with Crippen LogP contribution >= 0.6 is 11.6 Å². The Hall–Kier alpha value is -1.61. The minimum Gasteiger partial charge on any atom is -0.370 e. The second-order valence-corrected chi connectivity index (χ2v) is 4.35. The number of nitrogens with zero attached hydrogens (tertiary/aromatic N) is 2. The quantitative estimate of drug-likeness (QED) is 0.785. The van der Waals surface area contributed by atoms with Crippen LogP contribution in [0, 0.1) is 5.82 Å². The largest absolute Gasteiger partial charge is 0.370 e. The molecule has 0 N–H and O–H groups in total. The molecule has 2 nitrogen and oxygen atoms in total. The topological polar surface area (TPSA) is 16.1 Å². The van der Waals surface area contributed by atoms with Gasteiger partial charge < -0.3 is 4.90 Å². The van der Waals surface area contributed by atoms with E-state index in [1.165, 1.54) is 6.07 Å². The Morgan fingerprint density at radius 3 is 2.61 bits per heavy atom.